The number of hydrogen-bond donors (Lipinski definition) is 1. The zero-order chi connectivity index (χ0) is 24.0. The lowest BCUT2D eigenvalue weighted by atomic mass is 9.98. The van der Waals surface area contributed by atoms with Crippen LogP contribution in [0.5, 0.6) is 5.88 Å². The molecule has 1 amide bonds. The van der Waals surface area contributed by atoms with Gasteiger partial charge in [-0.3, -0.25) is 9.48 Å². The molecule has 0 aromatic carbocycles. The SMILES string of the molecule is O=C(C1CCOCC1)N1Cc2ccnn2C(COc2ncccc2F)C1.O=C(O)C(F)(F)F. The van der Waals surface area contributed by atoms with E-state index in [0.29, 0.717) is 26.3 Å². The molecule has 4 rings (SSSR count). The predicted octanol–water partition coefficient (Wildman–Crippen LogP) is 2.44. The third kappa shape index (κ3) is 6.40. The Morgan fingerprint density at radius 2 is 1.91 bits per heavy atom. The van der Waals surface area contributed by atoms with Gasteiger partial charge in [0, 0.05) is 38.1 Å². The second-order valence-corrected chi connectivity index (χ2v) is 7.43. The number of aromatic nitrogens is 3. The average molecular weight is 474 g/mol. The molecule has 0 bridgehead atoms. The number of alkyl halides is 3. The van der Waals surface area contributed by atoms with Crippen LogP contribution in [0.3, 0.4) is 0 Å². The van der Waals surface area contributed by atoms with Crippen LogP contribution in [0, 0.1) is 11.7 Å². The summed E-state index contributed by atoms with van der Waals surface area (Å²) >= 11 is 0. The van der Waals surface area contributed by atoms with Crippen molar-refractivity contribution in [1.29, 1.82) is 0 Å². The van der Waals surface area contributed by atoms with Crippen molar-refractivity contribution in [1.82, 2.24) is 19.7 Å². The number of nitrogens with zero attached hydrogens (tertiary/aromatic N) is 4. The molecule has 4 heterocycles. The molecule has 13 heteroatoms. The Balaban J connectivity index is 0.000000383. The second-order valence-electron chi connectivity index (χ2n) is 7.43. The van der Waals surface area contributed by atoms with Crippen molar-refractivity contribution in [2.24, 2.45) is 5.92 Å². The maximum absolute atomic E-state index is 13.7. The number of fused-ring (bicyclic) bond motifs is 1. The van der Waals surface area contributed by atoms with Gasteiger partial charge in [0.05, 0.1) is 12.2 Å². The maximum atomic E-state index is 13.7. The summed E-state index contributed by atoms with van der Waals surface area (Å²) < 4.78 is 58.3. The fourth-order valence-corrected chi connectivity index (χ4v) is 3.53. The average Bonchev–Trinajstić information content (AvgIpc) is 3.27. The number of halogens is 4. The van der Waals surface area contributed by atoms with Crippen molar-refractivity contribution in [2.45, 2.75) is 31.6 Å². The molecule has 1 atom stereocenters. The number of ether oxygens (including phenoxy) is 2. The van der Waals surface area contributed by atoms with E-state index in [9.17, 15) is 22.4 Å². The maximum Gasteiger partial charge on any atom is 0.490 e. The fraction of sp³-hybridized carbons (Fsp3) is 0.500. The van der Waals surface area contributed by atoms with Gasteiger partial charge in [0.1, 0.15) is 12.6 Å². The van der Waals surface area contributed by atoms with Crippen LogP contribution in [-0.2, 0) is 20.9 Å². The van der Waals surface area contributed by atoms with Crippen molar-refractivity contribution in [3.63, 3.8) is 0 Å². The molecule has 2 aromatic heterocycles. The van der Waals surface area contributed by atoms with Gasteiger partial charge in [0.15, 0.2) is 5.82 Å². The molecular formula is C20H22F4N4O5. The van der Waals surface area contributed by atoms with Crippen LogP contribution < -0.4 is 4.74 Å². The van der Waals surface area contributed by atoms with Crippen molar-refractivity contribution in [3.05, 3.63) is 42.1 Å². The van der Waals surface area contributed by atoms with E-state index in [1.54, 1.807) is 6.20 Å². The van der Waals surface area contributed by atoms with Gasteiger partial charge in [-0.2, -0.15) is 18.3 Å². The summed E-state index contributed by atoms with van der Waals surface area (Å²) in [5.41, 5.74) is 0.951. The van der Waals surface area contributed by atoms with E-state index in [4.69, 9.17) is 19.4 Å². The molecule has 0 aliphatic carbocycles. The van der Waals surface area contributed by atoms with Crippen LogP contribution in [0.25, 0.3) is 0 Å². The Morgan fingerprint density at radius 3 is 2.55 bits per heavy atom. The highest BCUT2D eigenvalue weighted by atomic mass is 19.4. The number of amides is 1. The molecule has 0 saturated carbocycles. The van der Waals surface area contributed by atoms with Crippen molar-refractivity contribution in [2.75, 3.05) is 26.4 Å². The number of carboxylic acids is 1. The van der Waals surface area contributed by atoms with Gasteiger partial charge >= 0.3 is 12.1 Å². The van der Waals surface area contributed by atoms with Crippen LogP contribution in [0.2, 0.25) is 0 Å². The fourth-order valence-electron chi connectivity index (χ4n) is 3.53. The molecular weight excluding hydrogens is 452 g/mol. The molecule has 2 aliphatic rings. The summed E-state index contributed by atoms with van der Waals surface area (Å²) in [6.07, 6.45) is -0.366. The summed E-state index contributed by atoms with van der Waals surface area (Å²) in [6.45, 7) is 2.48. The minimum Gasteiger partial charge on any atom is -0.475 e. The normalized spacial score (nSPS) is 18.7. The summed E-state index contributed by atoms with van der Waals surface area (Å²) in [7, 11) is 0. The molecule has 1 unspecified atom stereocenters. The Kier molecular flexibility index (Phi) is 7.84. The minimum atomic E-state index is -5.08. The molecule has 0 radical (unpaired) electrons. The van der Waals surface area contributed by atoms with E-state index < -0.39 is 18.0 Å². The first-order valence-corrected chi connectivity index (χ1v) is 10.1. The zero-order valence-electron chi connectivity index (χ0n) is 17.4. The molecule has 2 aromatic rings. The summed E-state index contributed by atoms with van der Waals surface area (Å²) in [5.74, 6) is -3.14. The molecule has 33 heavy (non-hydrogen) atoms. The van der Waals surface area contributed by atoms with Gasteiger partial charge in [0.25, 0.3) is 0 Å². The smallest absolute Gasteiger partial charge is 0.475 e. The molecule has 180 valence electrons. The Bertz CT molecular complexity index is 962. The zero-order valence-corrected chi connectivity index (χ0v) is 17.4. The summed E-state index contributed by atoms with van der Waals surface area (Å²) in [5, 5.41) is 11.5. The predicted molar refractivity (Wildman–Crippen MR) is 104 cm³/mol. The molecule has 0 spiro atoms. The van der Waals surface area contributed by atoms with Crippen LogP contribution >= 0.6 is 0 Å². The van der Waals surface area contributed by atoms with E-state index in [1.165, 1.54) is 18.3 Å². The van der Waals surface area contributed by atoms with Gasteiger partial charge in [-0.05, 0) is 31.0 Å². The van der Waals surface area contributed by atoms with Gasteiger partial charge in [-0.25, -0.2) is 14.2 Å². The number of rotatable bonds is 4. The molecule has 1 N–H and O–H groups in total. The first-order chi connectivity index (χ1) is 15.7. The first-order valence-electron chi connectivity index (χ1n) is 10.1. The van der Waals surface area contributed by atoms with E-state index in [1.807, 2.05) is 15.6 Å². The van der Waals surface area contributed by atoms with E-state index in [-0.39, 0.29) is 30.4 Å². The second kappa shape index (κ2) is 10.6. The molecule has 1 fully saturated rings. The largest absolute Gasteiger partial charge is 0.490 e. The lowest BCUT2D eigenvalue weighted by Crippen LogP contribution is -2.46. The highest BCUT2D eigenvalue weighted by molar-refractivity contribution is 5.79. The van der Waals surface area contributed by atoms with E-state index in [2.05, 4.69) is 10.1 Å². The van der Waals surface area contributed by atoms with Gasteiger partial charge in [0.2, 0.25) is 11.8 Å². The molecule has 9 nitrogen and oxygen atoms in total. The van der Waals surface area contributed by atoms with Crippen LogP contribution in [0.4, 0.5) is 17.6 Å². The lowest BCUT2D eigenvalue weighted by molar-refractivity contribution is -0.192. The van der Waals surface area contributed by atoms with Crippen molar-refractivity contribution >= 4 is 11.9 Å². The van der Waals surface area contributed by atoms with Crippen LogP contribution in [-0.4, -0.2) is 69.2 Å². The number of carboxylic acid groups (broad SMARTS) is 1. The number of carbonyl (C=O) groups is 2. The standard InChI is InChI=1S/C18H21FN4O3.C2HF3O2/c19-16-2-1-6-20-17(16)26-12-15-11-22(10-14-3-7-21-23(14)15)18(24)13-4-8-25-9-5-13;3-2(4,5)1(6)7/h1-3,6-7,13,15H,4-5,8-12H2;(H,6,7). The van der Waals surface area contributed by atoms with Gasteiger partial charge in [-0.1, -0.05) is 0 Å². The monoisotopic (exact) mass is 474 g/mol. The third-order valence-corrected chi connectivity index (χ3v) is 5.14. The molecule has 1 saturated heterocycles. The lowest BCUT2D eigenvalue weighted by Gasteiger charge is -2.36. The van der Waals surface area contributed by atoms with Gasteiger partial charge < -0.3 is 19.5 Å². The number of carbonyl (C=O) groups excluding carboxylic acids is 1. The van der Waals surface area contributed by atoms with E-state index >= 15 is 0 Å². The highest BCUT2D eigenvalue weighted by Gasteiger charge is 2.38. The van der Waals surface area contributed by atoms with Crippen LogP contribution in [0.1, 0.15) is 24.6 Å². The molecule has 2 aliphatic heterocycles. The number of aliphatic carboxylic acids is 1. The topological polar surface area (TPSA) is 107 Å². The Labute approximate surface area is 185 Å². The van der Waals surface area contributed by atoms with Gasteiger partial charge in [-0.15, -0.1) is 0 Å². The Hall–Kier alpha value is -3.22. The number of pyridine rings is 1. The van der Waals surface area contributed by atoms with E-state index in [0.717, 1.165) is 18.5 Å². The third-order valence-electron chi connectivity index (χ3n) is 5.14. The summed E-state index contributed by atoms with van der Waals surface area (Å²) in [6, 6.07) is 4.54. The van der Waals surface area contributed by atoms with Crippen molar-refractivity contribution < 1.29 is 41.7 Å². The van der Waals surface area contributed by atoms with Crippen LogP contribution in [0.15, 0.2) is 30.6 Å². The quantitative estimate of drug-likeness (QED) is 0.679. The first kappa shape index (κ1) is 24.4. The van der Waals surface area contributed by atoms with Crippen molar-refractivity contribution in [3.8, 4) is 5.88 Å². The minimum absolute atomic E-state index is 0.00743. The highest BCUT2D eigenvalue weighted by Crippen LogP contribution is 2.26. The Morgan fingerprint density at radius 1 is 1.21 bits per heavy atom. The number of hydrogen-bond acceptors (Lipinski definition) is 6. The summed E-state index contributed by atoms with van der Waals surface area (Å²) in [4.78, 5) is 27.6.